The molecule has 0 aromatic heterocycles. The highest BCUT2D eigenvalue weighted by atomic mass is 35.5. The van der Waals surface area contributed by atoms with Crippen molar-refractivity contribution in [1.29, 1.82) is 0 Å². The quantitative estimate of drug-likeness (QED) is 0.696. The van der Waals surface area contributed by atoms with Crippen molar-refractivity contribution < 1.29 is 19.1 Å². The Morgan fingerprint density at radius 3 is 2.50 bits per heavy atom. The molecule has 0 radical (unpaired) electrons. The van der Waals surface area contributed by atoms with Gasteiger partial charge in [-0.1, -0.05) is 23.7 Å². The van der Waals surface area contributed by atoms with Gasteiger partial charge in [0.2, 0.25) is 0 Å². The molecule has 2 aromatic rings. The van der Waals surface area contributed by atoms with Crippen LogP contribution >= 0.6 is 11.6 Å². The van der Waals surface area contributed by atoms with Crippen LogP contribution in [-0.2, 0) is 9.53 Å². The molecule has 0 spiro atoms. The molecule has 3 amide bonds. The minimum Gasteiger partial charge on any atom is -0.452 e. The molecule has 0 fully saturated rings. The topological polar surface area (TPSA) is 111 Å². The van der Waals surface area contributed by atoms with Gasteiger partial charge in [0.15, 0.2) is 6.61 Å². The molecular formula is C18H18ClN3O4. The molecule has 0 saturated heterocycles. The lowest BCUT2D eigenvalue weighted by atomic mass is 10.1. The summed E-state index contributed by atoms with van der Waals surface area (Å²) in [5, 5.41) is 5.39. The van der Waals surface area contributed by atoms with Crippen molar-refractivity contribution in [3.05, 3.63) is 58.1 Å². The summed E-state index contributed by atoms with van der Waals surface area (Å²) in [6.45, 7) is 3.24. The predicted molar refractivity (Wildman–Crippen MR) is 99.5 cm³/mol. The maximum absolute atomic E-state index is 12.0. The number of nitrogens with one attached hydrogen (secondary N) is 2. The average Bonchev–Trinajstić information content (AvgIpc) is 2.55. The van der Waals surface area contributed by atoms with Crippen LogP contribution < -0.4 is 16.4 Å². The van der Waals surface area contributed by atoms with Gasteiger partial charge in [0.25, 0.3) is 5.91 Å². The van der Waals surface area contributed by atoms with Crippen molar-refractivity contribution >= 4 is 40.9 Å². The highest BCUT2D eigenvalue weighted by Crippen LogP contribution is 2.27. The van der Waals surface area contributed by atoms with Crippen LogP contribution in [0, 0.1) is 13.8 Å². The first-order chi connectivity index (χ1) is 12.3. The first-order valence-electron chi connectivity index (χ1n) is 7.66. The Balaban J connectivity index is 1.97. The van der Waals surface area contributed by atoms with Crippen LogP contribution in [-0.4, -0.2) is 24.5 Å². The first kappa shape index (κ1) is 19.3. The van der Waals surface area contributed by atoms with Crippen LogP contribution in [0.3, 0.4) is 0 Å². The van der Waals surface area contributed by atoms with E-state index >= 15 is 0 Å². The van der Waals surface area contributed by atoms with E-state index in [2.05, 4.69) is 10.6 Å². The number of hydrogen-bond acceptors (Lipinski definition) is 4. The van der Waals surface area contributed by atoms with Crippen molar-refractivity contribution in [2.24, 2.45) is 5.73 Å². The fourth-order valence-electron chi connectivity index (χ4n) is 2.33. The maximum Gasteiger partial charge on any atom is 0.338 e. The third-order valence-electron chi connectivity index (χ3n) is 3.40. The maximum atomic E-state index is 12.0. The van der Waals surface area contributed by atoms with Crippen LogP contribution in [0.1, 0.15) is 21.5 Å². The Morgan fingerprint density at radius 1 is 1.12 bits per heavy atom. The van der Waals surface area contributed by atoms with Gasteiger partial charge in [-0.3, -0.25) is 4.79 Å². The summed E-state index contributed by atoms with van der Waals surface area (Å²) >= 11 is 6.13. The van der Waals surface area contributed by atoms with E-state index in [0.29, 0.717) is 16.4 Å². The second-order valence-electron chi connectivity index (χ2n) is 5.63. The Kier molecular flexibility index (Phi) is 6.19. The third kappa shape index (κ3) is 5.22. The zero-order valence-electron chi connectivity index (χ0n) is 14.3. The predicted octanol–water partition coefficient (Wildman–Crippen LogP) is 3.24. The normalized spacial score (nSPS) is 10.1. The number of esters is 1. The SMILES string of the molecule is Cc1cc(C)c(NC(=O)COC(=O)c2cccc(NC(N)=O)c2)c(Cl)c1. The second kappa shape index (κ2) is 8.35. The van der Waals surface area contributed by atoms with Gasteiger partial charge in [-0.2, -0.15) is 0 Å². The summed E-state index contributed by atoms with van der Waals surface area (Å²) in [6, 6.07) is 8.87. The smallest absolute Gasteiger partial charge is 0.338 e. The van der Waals surface area contributed by atoms with E-state index in [1.54, 1.807) is 18.2 Å². The lowest BCUT2D eigenvalue weighted by molar-refractivity contribution is -0.119. The van der Waals surface area contributed by atoms with Crippen LogP contribution in [0.5, 0.6) is 0 Å². The molecule has 0 heterocycles. The Hall–Kier alpha value is -3.06. The summed E-state index contributed by atoms with van der Waals surface area (Å²) < 4.78 is 4.99. The molecule has 0 bridgehead atoms. The zero-order chi connectivity index (χ0) is 19.3. The van der Waals surface area contributed by atoms with Crippen molar-refractivity contribution in [3.63, 3.8) is 0 Å². The van der Waals surface area contributed by atoms with Crippen LogP contribution in [0.4, 0.5) is 16.2 Å². The molecule has 0 unspecified atom stereocenters. The molecular weight excluding hydrogens is 358 g/mol. The monoisotopic (exact) mass is 375 g/mol. The Labute approximate surface area is 155 Å². The zero-order valence-corrected chi connectivity index (χ0v) is 15.0. The summed E-state index contributed by atoms with van der Waals surface area (Å²) in [7, 11) is 0. The van der Waals surface area contributed by atoms with E-state index < -0.39 is 24.5 Å². The minimum absolute atomic E-state index is 0.175. The molecule has 0 aliphatic carbocycles. The average molecular weight is 376 g/mol. The molecule has 0 aliphatic heterocycles. The molecule has 0 atom stereocenters. The fourth-order valence-corrected chi connectivity index (χ4v) is 2.70. The van der Waals surface area contributed by atoms with E-state index in [1.807, 2.05) is 19.9 Å². The molecule has 4 N–H and O–H groups in total. The van der Waals surface area contributed by atoms with Crippen LogP contribution in [0.2, 0.25) is 5.02 Å². The third-order valence-corrected chi connectivity index (χ3v) is 3.69. The van der Waals surface area contributed by atoms with Gasteiger partial charge < -0.3 is 21.1 Å². The Morgan fingerprint density at radius 2 is 1.85 bits per heavy atom. The standard InChI is InChI=1S/C18H18ClN3O4/c1-10-6-11(2)16(14(19)7-10)22-15(23)9-26-17(24)12-4-3-5-13(8-12)21-18(20)25/h3-8H,9H2,1-2H3,(H,22,23)(H3,20,21,25). The van der Waals surface area contributed by atoms with Gasteiger partial charge in [-0.05, 0) is 49.2 Å². The lowest BCUT2D eigenvalue weighted by Crippen LogP contribution is -2.22. The molecule has 136 valence electrons. The minimum atomic E-state index is -0.750. The molecule has 0 aliphatic rings. The van der Waals surface area contributed by atoms with Crippen LogP contribution in [0.25, 0.3) is 0 Å². The number of benzene rings is 2. The summed E-state index contributed by atoms with van der Waals surface area (Å²) in [4.78, 5) is 34.9. The van der Waals surface area contributed by atoms with E-state index in [1.165, 1.54) is 12.1 Å². The molecule has 0 saturated carbocycles. The van der Waals surface area contributed by atoms with Crippen molar-refractivity contribution in [2.75, 3.05) is 17.2 Å². The number of aryl methyl sites for hydroxylation is 2. The molecule has 2 rings (SSSR count). The van der Waals surface area contributed by atoms with Crippen molar-refractivity contribution in [1.82, 2.24) is 0 Å². The number of ether oxygens (including phenoxy) is 1. The van der Waals surface area contributed by atoms with Crippen molar-refractivity contribution in [2.45, 2.75) is 13.8 Å². The van der Waals surface area contributed by atoms with E-state index in [-0.39, 0.29) is 5.56 Å². The number of carbonyl (C=O) groups is 3. The van der Waals surface area contributed by atoms with Gasteiger partial charge >= 0.3 is 12.0 Å². The number of halogens is 1. The molecule has 2 aromatic carbocycles. The second-order valence-corrected chi connectivity index (χ2v) is 6.04. The van der Waals surface area contributed by atoms with E-state index in [9.17, 15) is 14.4 Å². The van der Waals surface area contributed by atoms with Gasteiger partial charge in [-0.25, -0.2) is 9.59 Å². The number of urea groups is 1. The highest BCUT2D eigenvalue weighted by Gasteiger charge is 2.13. The highest BCUT2D eigenvalue weighted by molar-refractivity contribution is 6.34. The molecule has 8 heteroatoms. The number of nitrogens with two attached hydrogens (primary N) is 1. The Bertz CT molecular complexity index is 844. The number of rotatable bonds is 5. The number of primary amides is 1. The summed E-state index contributed by atoms with van der Waals surface area (Å²) in [6.07, 6.45) is 0. The van der Waals surface area contributed by atoms with Gasteiger partial charge in [-0.15, -0.1) is 0 Å². The number of hydrogen-bond donors (Lipinski definition) is 3. The lowest BCUT2D eigenvalue weighted by Gasteiger charge is -2.12. The van der Waals surface area contributed by atoms with E-state index in [0.717, 1.165) is 11.1 Å². The summed E-state index contributed by atoms with van der Waals surface area (Å²) in [5.74, 6) is -1.22. The van der Waals surface area contributed by atoms with E-state index in [4.69, 9.17) is 22.1 Å². The fraction of sp³-hybridized carbons (Fsp3) is 0.167. The molecule has 7 nitrogen and oxygen atoms in total. The van der Waals surface area contributed by atoms with Gasteiger partial charge in [0.1, 0.15) is 0 Å². The number of anilines is 2. The number of carbonyl (C=O) groups excluding carboxylic acids is 3. The van der Waals surface area contributed by atoms with Crippen molar-refractivity contribution in [3.8, 4) is 0 Å². The van der Waals surface area contributed by atoms with Gasteiger partial charge in [0.05, 0.1) is 16.3 Å². The summed E-state index contributed by atoms with van der Waals surface area (Å²) in [5.41, 5.74) is 7.80. The van der Waals surface area contributed by atoms with Gasteiger partial charge in [0, 0.05) is 5.69 Å². The first-order valence-corrected chi connectivity index (χ1v) is 8.04. The number of amides is 3. The largest absolute Gasteiger partial charge is 0.452 e. The van der Waals surface area contributed by atoms with Crippen LogP contribution in [0.15, 0.2) is 36.4 Å². The molecule has 26 heavy (non-hydrogen) atoms.